The van der Waals surface area contributed by atoms with Crippen molar-refractivity contribution in [3.63, 3.8) is 0 Å². The van der Waals surface area contributed by atoms with Crippen molar-refractivity contribution in [2.24, 2.45) is 22.6 Å². The summed E-state index contributed by atoms with van der Waals surface area (Å²) in [6.45, 7) is 2.48. The molecule has 0 aromatic carbocycles. The summed E-state index contributed by atoms with van der Waals surface area (Å²) in [5.74, 6) is -0.184. The van der Waals surface area contributed by atoms with E-state index >= 15 is 0 Å². The highest BCUT2D eigenvalue weighted by molar-refractivity contribution is 6.20. The van der Waals surface area contributed by atoms with Gasteiger partial charge in [-0.2, -0.15) is 0 Å². The second-order valence-electron chi connectivity index (χ2n) is 6.93. The van der Waals surface area contributed by atoms with Crippen molar-refractivity contribution in [2.45, 2.75) is 74.7 Å². The molecular weight excluding hydrogens is 307 g/mol. The predicted octanol–water partition coefficient (Wildman–Crippen LogP) is 2.41. The number of amidine groups is 1. The van der Waals surface area contributed by atoms with Gasteiger partial charge in [-0.1, -0.05) is 0 Å². The molecule has 2 fully saturated rings. The van der Waals surface area contributed by atoms with Crippen LogP contribution in [0.4, 0.5) is 4.39 Å². The summed E-state index contributed by atoms with van der Waals surface area (Å²) in [6, 6.07) is 0.0160. The summed E-state index contributed by atoms with van der Waals surface area (Å²) in [5.41, 5.74) is 4.86. The minimum absolute atomic E-state index is 0.0160. The zero-order valence-corrected chi connectivity index (χ0v) is 13.8. The SMILES string of the molecule is CCOC1CCC(F)CC1[C@]1(O)C(N)=NC2CCC(Cl)CC21. The molecule has 22 heavy (non-hydrogen) atoms. The number of rotatable bonds is 3. The highest BCUT2D eigenvalue weighted by atomic mass is 35.5. The van der Waals surface area contributed by atoms with Gasteiger partial charge >= 0.3 is 0 Å². The summed E-state index contributed by atoms with van der Waals surface area (Å²) in [6.07, 6.45) is 2.73. The molecule has 3 aliphatic rings. The highest BCUT2D eigenvalue weighted by Crippen LogP contribution is 2.49. The fraction of sp³-hybridized carbons (Fsp3) is 0.938. The lowest BCUT2D eigenvalue weighted by Crippen LogP contribution is -2.59. The Morgan fingerprint density at radius 1 is 1.32 bits per heavy atom. The van der Waals surface area contributed by atoms with Crippen molar-refractivity contribution >= 4 is 17.4 Å². The van der Waals surface area contributed by atoms with Gasteiger partial charge in [0.2, 0.25) is 0 Å². The van der Waals surface area contributed by atoms with Gasteiger partial charge in [-0.25, -0.2) is 4.39 Å². The lowest BCUT2D eigenvalue weighted by molar-refractivity contribution is -0.114. The summed E-state index contributed by atoms with van der Waals surface area (Å²) in [5, 5.41) is 11.5. The Hall–Kier alpha value is -0.390. The molecular formula is C16H26ClFN2O2. The molecule has 126 valence electrons. The molecule has 1 aliphatic heterocycles. The van der Waals surface area contributed by atoms with Crippen LogP contribution in [0.25, 0.3) is 0 Å². The normalized spacial score (nSPS) is 48.8. The molecule has 0 spiro atoms. The van der Waals surface area contributed by atoms with Gasteiger partial charge in [-0.15, -0.1) is 11.6 Å². The molecule has 6 heteroatoms. The van der Waals surface area contributed by atoms with Crippen LogP contribution in [0.5, 0.6) is 0 Å². The first-order valence-corrected chi connectivity index (χ1v) is 8.86. The number of alkyl halides is 2. The minimum Gasteiger partial charge on any atom is -0.385 e. The van der Waals surface area contributed by atoms with Gasteiger partial charge in [0.25, 0.3) is 0 Å². The van der Waals surface area contributed by atoms with Crippen molar-refractivity contribution in [1.82, 2.24) is 0 Å². The molecule has 6 unspecified atom stereocenters. The Balaban J connectivity index is 1.90. The minimum atomic E-state index is -1.27. The zero-order chi connectivity index (χ0) is 15.9. The van der Waals surface area contributed by atoms with E-state index in [1.165, 1.54) is 0 Å². The number of hydrogen-bond acceptors (Lipinski definition) is 4. The van der Waals surface area contributed by atoms with E-state index in [2.05, 4.69) is 4.99 Å². The molecule has 1 heterocycles. The number of ether oxygens (including phenoxy) is 1. The third kappa shape index (κ3) is 2.65. The smallest absolute Gasteiger partial charge is 0.131 e. The summed E-state index contributed by atoms with van der Waals surface area (Å²) in [7, 11) is 0. The third-order valence-electron chi connectivity index (χ3n) is 5.70. The lowest BCUT2D eigenvalue weighted by atomic mass is 9.64. The fourth-order valence-corrected chi connectivity index (χ4v) is 4.95. The molecule has 0 amide bonds. The number of halogens is 2. The van der Waals surface area contributed by atoms with Gasteiger partial charge in [0, 0.05) is 23.8 Å². The number of hydrogen-bond donors (Lipinski definition) is 2. The average Bonchev–Trinajstić information content (AvgIpc) is 2.74. The second kappa shape index (κ2) is 6.25. The lowest BCUT2D eigenvalue weighted by Gasteiger charge is -2.46. The molecule has 0 aromatic rings. The summed E-state index contributed by atoms with van der Waals surface area (Å²) >= 11 is 6.32. The molecule has 7 atom stereocenters. The Kier molecular flexibility index (Phi) is 4.68. The quantitative estimate of drug-likeness (QED) is 0.780. The maximum absolute atomic E-state index is 14.0. The van der Waals surface area contributed by atoms with Crippen molar-refractivity contribution in [3.05, 3.63) is 0 Å². The van der Waals surface area contributed by atoms with Gasteiger partial charge in [0.15, 0.2) is 0 Å². The Morgan fingerprint density at radius 3 is 2.82 bits per heavy atom. The van der Waals surface area contributed by atoms with Crippen LogP contribution in [0.2, 0.25) is 0 Å². The Morgan fingerprint density at radius 2 is 2.09 bits per heavy atom. The molecule has 2 saturated carbocycles. The van der Waals surface area contributed by atoms with E-state index in [1.807, 2.05) is 6.92 Å². The van der Waals surface area contributed by atoms with Gasteiger partial charge in [0.1, 0.15) is 17.6 Å². The van der Waals surface area contributed by atoms with E-state index in [-0.39, 0.29) is 41.6 Å². The summed E-state index contributed by atoms with van der Waals surface area (Å²) in [4.78, 5) is 4.50. The number of nitrogens with zero attached hydrogens (tertiary/aromatic N) is 1. The van der Waals surface area contributed by atoms with E-state index in [1.54, 1.807) is 0 Å². The first-order chi connectivity index (χ1) is 10.5. The van der Waals surface area contributed by atoms with Gasteiger partial charge in [-0.05, 0) is 45.4 Å². The van der Waals surface area contributed by atoms with Crippen molar-refractivity contribution in [2.75, 3.05) is 6.61 Å². The van der Waals surface area contributed by atoms with Crippen LogP contribution < -0.4 is 5.73 Å². The second-order valence-corrected chi connectivity index (χ2v) is 7.55. The van der Waals surface area contributed by atoms with E-state index < -0.39 is 11.8 Å². The maximum atomic E-state index is 14.0. The van der Waals surface area contributed by atoms with E-state index in [4.69, 9.17) is 22.1 Å². The molecule has 0 radical (unpaired) electrons. The molecule has 2 aliphatic carbocycles. The monoisotopic (exact) mass is 332 g/mol. The van der Waals surface area contributed by atoms with Gasteiger partial charge in [-0.3, -0.25) is 4.99 Å². The molecule has 3 N–H and O–H groups in total. The van der Waals surface area contributed by atoms with Crippen LogP contribution in [0, 0.1) is 11.8 Å². The standard InChI is InChI=1S/C16H26ClFN2O2/c1-2-22-14-6-4-10(18)8-12(14)16(21)11-7-9(17)3-5-13(11)20-15(16)19/h9-14,21H,2-8H2,1H3,(H2,19,20)/t9?,10?,11?,12?,13?,14?,16-/m0/s1. The molecule has 4 nitrogen and oxygen atoms in total. The van der Waals surface area contributed by atoms with E-state index in [9.17, 15) is 9.50 Å². The summed E-state index contributed by atoms with van der Waals surface area (Å²) < 4.78 is 19.8. The van der Waals surface area contributed by atoms with E-state index in [0.717, 1.165) is 12.8 Å². The fourth-order valence-electron chi connectivity index (χ4n) is 4.64. The number of fused-ring (bicyclic) bond motifs is 1. The largest absolute Gasteiger partial charge is 0.385 e. The Labute approximate surface area is 136 Å². The van der Waals surface area contributed by atoms with Crippen molar-refractivity contribution < 1.29 is 14.2 Å². The topological polar surface area (TPSA) is 67.8 Å². The maximum Gasteiger partial charge on any atom is 0.131 e. The molecule has 3 rings (SSSR count). The van der Waals surface area contributed by atoms with Crippen molar-refractivity contribution in [3.8, 4) is 0 Å². The van der Waals surface area contributed by atoms with Crippen molar-refractivity contribution in [1.29, 1.82) is 0 Å². The zero-order valence-electron chi connectivity index (χ0n) is 13.0. The predicted molar refractivity (Wildman–Crippen MR) is 85.0 cm³/mol. The first kappa shape index (κ1) is 16.5. The molecule has 0 bridgehead atoms. The number of aliphatic hydroxyl groups is 1. The molecule has 0 saturated heterocycles. The van der Waals surface area contributed by atoms with Crippen LogP contribution in [0.1, 0.15) is 45.4 Å². The van der Waals surface area contributed by atoms with Crippen LogP contribution >= 0.6 is 11.6 Å². The first-order valence-electron chi connectivity index (χ1n) is 8.42. The van der Waals surface area contributed by atoms with Crippen LogP contribution in [0.15, 0.2) is 4.99 Å². The van der Waals surface area contributed by atoms with E-state index in [0.29, 0.717) is 25.9 Å². The third-order valence-corrected chi connectivity index (χ3v) is 6.10. The number of nitrogens with two attached hydrogens (primary N) is 1. The van der Waals surface area contributed by atoms with Gasteiger partial charge in [0.05, 0.1) is 12.1 Å². The van der Waals surface area contributed by atoms with Crippen LogP contribution in [-0.4, -0.2) is 46.8 Å². The van der Waals surface area contributed by atoms with Gasteiger partial charge < -0.3 is 15.6 Å². The highest BCUT2D eigenvalue weighted by Gasteiger charge is 2.58. The van der Waals surface area contributed by atoms with Crippen LogP contribution in [-0.2, 0) is 4.74 Å². The Bertz CT molecular complexity index is 450. The average molecular weight is 333 g/mol. The molecule has 0 aromatic heterocycles. The number of aliphatic imine (C=N–C) groups is 1. The van der Waals surface area contributed by atoms with Crippen LogP contribution in [0.3, 0.4) is 0 Å².